The maximum absolute atomic E-state index is 13.2. The van der Waals surface area contributed by atoms with Gasteiger partial charge in [0.05, 0.1) is 6.42 Å². The van der Waals surface area contributed by atoms with Gasteiger partial charge in [0.15, 0.2) is 0 Å². The average molecular weight is 386 g/mol. The highest BCUT2D eigenvalue weighted by molar-refractivity contribution is 5.97. The Hall–Kier alpha value is -3.40. The fourth-order valence-corrected chi connectivity index (χ4v) is 3.75. The largest absolute Gasteiger partial charge is 0.343 e. The summed E-state index contributed by atoms with van der Waals surface area (Å²) in [6.07, 6.45) is 2.32. The first-order chi connectivity index (χ1) is 14.0. The second-order valence-electron chi connectivity index (χ2n) is 7.42. The summed E-state index contributed by atoms with van der Waals surface area (Å²) >= 11 is 0. The maximum atomic E-state index is 13.2. The highest BCUT2D eigenvalue weighted by atomic mass is 19.1. The van der Waals surface area contributed by atoms with Crippen LogP contribution >= 0.6 is 0 Å². The molecule has 0 radical (unpaired) electrons. The summed E-state index contributed by atoms with van der Waals surface area (Å²) in [5, 5.41) is 4.13. The zero-order valence-corrected chi connectivity index (χ0v) is 16.6. The molecule has 3 aromatic carbocycles. The van der Waals surface area contributed by atoms with Crippen molar-refractivity contribution in [3.8, 4) is 0 Å². The van der Waals surface area contributed by atoms with Gasteiger partial charge in [0.2, 0.25) is 5.91 Å². The van der Waals surface area contributed by atoms with Gasteiger partial charge < -0.3 is 9.88 Å². The lowest BCUT2D eigenvalue weighted by molar-refractivity contribution is -0.115. The molecule has 1 aromatic heterocycles. The van der Waals surface area contributed by atoms with Crippen LogP contribution in [0.2, 0.25) is 0 Å². The number of rotatable bonds is 5. The summed E-state index contributed by atoms with van der Waals surface area (Å²) in [7, 11) is 0. The van der Waals surface area contributed by atoms with Crippen molar-refractivity contribution >= 4 is 22.5 Å². The first kappa shape index (κ1) is 18.9. The summed E-state index contributed by atoms with van der Waals surface area (Å²) < 4.78 is 15.3. The summed E-state index contributed by atoms with van der Waals surface area (Å²) in [4.78, 5) is 12.8. The highest BCUT2D eigenvalue weighted by Gasteiger charge is 2.14. The Bertz CT molecular complexity index is 1160. The molecule has 0 saturated carbocycles. The second-order valence-corrected chi connectivity index (χ2v) is 7.42. The normalized spacial score (nSPS) is 11.0. The topological polar surface area (TPSA) is 34.0 Å². The van der Waals surface area contributed by atoms with Crippen molar-refractivity contribution in [3.63, 3.8) is 0 Å². The number of nitrogens with one attached hydrogen (secondary N) is 1. The third kappa shape index (κ3) is 4.06. The number of para-hydroxylation sites is 2. The number of anilines is 1. The van der Waals surface area contributed by atoms with Crippen molar-refractivity contribution in [3.05, 3.63) is 101 Å². The van der Waals surface area contributed by atoms with Crippen LogP contribution in [-0.4, -0.2) is 10.5 Å². The zero-order chi connectivity index (χ0) is 20.4. The standard InChI is InChI=1S/C25H23FN2O/c1-17-6-5-7-18(2)25(17)27-24(29)14-20-16-28(23-9-4-3-8-22(20)23)15-19-10-12-21(26)13-11-19/h3-13,16H,14-15H2,1-2H3,(H,27,29). The first-order valence-electron chi connectivity index (χ1n) is 9.68. The van der Waals surface area contributed by atoms with E-state index >= 15 is 0 Å². The molecule has 0 fully saturated rings. The molecule has 0 aliphatic heterocycles. The molecule has 3 nitrogen and oxygen atoms in total. The smallest absolute Gasteiger partial charge is 0.228 e. The van der Waals surface area contributed by atoms with Crippen LogP contribution in [0.4, 0.5) is 10.1 Å². The minimum Gasteiger partial charge on any atom is -0.343 e. The molecular formula is C25H23FN2O. The third-order valence-electron chi connectivity index (χ3n) is 5.23. The number of nitrogens with zero attached hydrogens (tertiary/aromatic N) is 1. The van der Waals surface area contributed by atoms with Crippen LogP contribution in [0.1, 0.15) is 22.3 Å². The van der Waals surface area contributed by atoms with Crippen LogP contribution in [0.3, 0.4) is 0 Å². The summed E-state index contributed by atoms with van der Waals surface area (Å²) in [6.45, 7) is 4.62. The van der Waals surface area contributed by atoms with E-state index in [-0.39, 0.29) is 11.7 Å². The molecule has 0 spiro atoms. The van der Waals surface area contributed by atoms with Crippen LogP contribution in [0.15, 0.2) is 72.9 Å². The first-order valence-corrected chi connectivity index (χ1v) is 9.68. The van der Waals surface area contributed by atoms with Crippen LogP contribution in [0, 0.1) is 19.7 Å². The monoisotopic (exact) mass is 386 g/mol. The molecule has 0 bridgehead atoms. The van der Waals surface area contributed by atoms with Crippen LogP contribution in [0.5, 0.6) is 0 Å². The SMILES string of the molecule is Cc1cccc(C)c1NC(=O)Cc1cn(Cc2ccc(F)cc2)c2ccccc12. The number of hydrogen-bond acceptors (Lipinski definition) is 1. The molecule has 0 saturated heterocycles. The van der Waals surface area contributed by atoms with E-state index < -0.39 is 0 Å². The molecule has 4 aromatic rings. The molecule has 4 heteroatoms. The van der Waals surface area contributed by atoms with E-state index in [4.69, 9.17) is 0 Å². The molecule has 0 unspecified atom stereocenters. The van der Waals surface area contributed by atoms with Crippen molar-refractivity contribution in [2.24, 2.45) is 0 Å². The van der Waals surface area contributed by atoms with Crippen molar-refractivity contribution in [2.75, 3.05) is 5.32 Å². The number of carbonyl (C=O) groups is 1. The Labute approximate surface area is 169 Å². The number of amides is 1. The van der Waals surface area contributed by atoms with E-state index in [0.29, 0.717) is 13.0 Å². The molecule has 4 rings (SSSR count). The number of halogens is 1. The number of aryl methyl sites for hydroxylation is 2. The van der Waals surface area contributed by atoms with Crippen molar-refractivity contribution in [1.82, 2.24) is 4.57 Å². The summed E-state index contributed by atoms with van der Waals surface area (Å²) in [5.41, 5.74) is 6.04. The summed E-state index contributed by atoms with van der Waals surface area (Å²) in [6, 6.07) is 20.6. The molecular weight excluding hydrogens is 363 g/mol. The minimum atomic E-state index is -0.241. The van der Waals surface area contributed by atoms with E-state index in [1.807, 2.05) is 62.5 Å². The van der Waals surface area contributed by atoms with E-state index in [2.05, 4.69) is 9.88 Å². The van der Waals surface area contributed by atoms with Gasteiger partial charge in [-0.1, -0.05) is 48.5 Å². The van der Waals surface area contributed by atoms with Gasteiger partial charge >= 0.3 is 0 Å². The minimum absolute atomic E-state index is 0.0351. The molecule has 29 heavy (non-hydrogen) atoms. The lowest BCUT2D eigenvalue weighted by Gasteiger charge is -2.11. The van der Waals surface area contributed by atoms with Crippen LogP contribution < -0.4 is 5.32 Å². The molecule has 0 atom stereocenters. The number of benzene rings is 3. The molecule has 0 aliphatic rings. The molecule has 0 aliphatic carbocycles. The van der Waals surface area contributed by atoms with Gasteiger partial charge in [-0.15, -0.1) is 0 Å². The Morgan fingerprint density at radius 3 is 2.34 bits per heavy atom. The molecule has 146 valence electrons. The van der Waals surface area contributed by atoms with E-state index in [9.17, 15) is 9.18 Å². The van der Waals surface area contributed by atoms with Gasteiger partial charge in [0, 0.05) is 29.3 Å². The number of carbonyl (C=O) groups excluding carboxylic acids is 1. The quantitative estimate of drug-likeness (QED) is 0.474. The highest BCUT2D eigenvalue weighted by Crippen LogP contribution is 2.24. The Balaban J connectivity index is 1.60. The predicted octanol–water partition coefficient (Wildman–Crippen LogP) is 5.63. The lowest BCUT2D eigenvalue weighted by atomic mass is 10.1. The Kier molecular flexibility index (Phi) is 5.17. The van der Waals surface area contributed by atoms with Gasteiger partial charge in [-0.2, -0.15) is 0 Å². The third-order valence-corrected chi connectivity index (χ3v) is 5.23. The maximum Gasteiger partial charge on any atom is 0.228 e. The van der Waals surface area contributed by atoms with Gasteiger partial charge in [0.1, 0.15) is 5.82 Å². The van der Waals surface area contributed by atoms with Crippen LogP contribution in [0.25, 0.3) is 10.9 Å². The van der Waals surface area contributed by atoms with Crippen molar-refractivity contribution < 1.29 is 9.18 Å². The van der Waals surface area contributed by atoms with Gasteiger partial charge in [-0.3, -0.25) is 4.79 Å². The average Bonchev–Trinajstić information content (AvgIpc) is 3.04. The van der Waals surface area contributed by atoms with E-state index in [0.717, 1.165) is 38.8 Å². The lowest BCUT2D eigenvalue weighted by Crippen LogP contribution is -2.16. The van der Waals surface area contributed by atoms with Crippen molar-refractivity contribution in [1.29, 1.82) is 0 Å². The molecule has 1 heterocycles. The molecule has 1 N–H and O–H groups in total. The Morgan fingerprint density at radius 1 is 0.931 bits per heavy atom. The zero-order valence-electron chi connectivity index (χ0n) is 16.6. The number of aromatic nitrogens is 1. The van der Waals surface area contributed by atoms with E-state index in [1.165, 1.54) is 12.1 Å². The van der Waals surface area contributed by atoms with Gasteiger partial charge in [0.25, 0.3) is 0 Å². The predicted molar refractivity (Wildman–Crippen MR) is 116 cm³/mol. The van der Waals surface area contributed by atoms with E-state index in [1.54, 1.807) is 12.1 Å². The van der Waals surface area contributed by atoms with Crippen LogP contribution in [-0.2, 0) is 17.8 Å². The van der Waals surface area contributed by atoms with Crippen molar-refractivity contribution in [2.45, 2.75) is 26.8 Å². The fraction of sp³-hybridized carbons (Fsp3) is 0.160. The number of hydrogen-bond donors (Lipinski definition) is 1. The van der Waals surface area contributed by atoms with Gasteiger partial charge in [-0.05, 0) is 54.3 Å². The number of fused-ring (bicyclic) bond motifs is 1. The second kappa shape index (κ2) is 7.92. The molecule has 1 amide bonds. The fourth-order valence-electron chi connectivity index (χ4n) is 3.75. The summed E-state index contributed by atoms with van der Waals surface area (Å²) in [5.74, 6) is -0.276. The Morgan fingerprint density at radius 2 is 1.62 bits per heavy atom. The van der Waals surface area contributed by atoms with Gasteiger partial charge in [-0.25, -0.2) is 4.39 Å².